The Labute approximate surface area is 114 Å². The van der Waals surface area contributed by atoms with Gasteiger partial charge in [0, 0.05) is 25.5 Å². The molecule has 1 aromatic rings. The standard InChI is InChI=1S/C12H14N4O4/c17-10-7-16(9(6-14-10)11(18)19)12(20)15-5-8-1-3-13-4-2-8/h1-4,9H,5-7H2,(H,14,17)(H,15,20)(H,18,19). The van der Waals surface area contributed by atoms with Crippen molar-refractivity contribution in [2.24, 2.45) is 0 Å². The first-order chi connectivity index (χ1) is 9.58. The van der Waals surface area contributed by atoms with E-state index in [-0.39, 0.29) is 25.5 Å². The summed E-state index contributed by atoms with van der Waals surface area (Å²) >= 11 is 0. The van der Waals surface area contributed by atoms with Gasteiger partial charge in [0.15, 0.2) is 0 Å². The van der Waals surface area contributed by atoms with Crippen molar-refractivity contribution < 1.29 is 19.5 Å². The molecule has 0 spiro atoms. The van der Waals surface area contributed by atoms with Gasteiger partial charge in [-0.2, -0.15) is 0 Å². The average Bonchev–Trinajstić information content (AvgIpc) is 2.45. The lowest BCUT2D eigenvalue weighted by Crippen LogP contribution is -2.61. The second-order valence-corrected chi connectivity index (χ2v) is 4.30. The summed E-state index contributed by atoms with van der Waals surface area (Å²) in [5, 5.41) is 14.1. The van der Waals surface area contributed by atoms with Crippen molar-refractivity contribution in [3.8, 4) is 0 Å². The third-order valence-corrected chi connectivity index (χ3v) is 2.92. The normalized spacial score (nSPS) is 18.3. The highest BCUT2D eigenvalue weighted by molar-refractivity contribution is 5.90. The van der Waals surface area contributed by atoms with Crippen LogP contribution in [-0.2, 0) is 16.1 Å². The van der Waals surface area contributed by atoms with Gasteiger partial charge in [-0.05, 0) is 17.7 Å². The summed E-state index contributed by atoms with van der Waals surface area (Å²) in [5.41, 5.74) is 0.835. The number of amides is 3. The van der Waals surface area contributed by atoms with Gasteiger partial charge in [0.2, 0.25) is 5.91 Å². The van der Waals surface area contributed by atoms with Crippen LogP contribution >= 0.6 is 0 Å². The number of hydrogen-bond donors (Lipinski definition) is 3. The molecule has 0 radical (unpaired) electrons. The third-order valence-electron chi connectivity index (χ3n) is 2.92. The molecule has 1 fully saturated rings. The Bertz CT molecular complexity index is 519. The van der Waals surface area contributed by atoms with Crippen LogP contribution in [0.25, 0.3) is 0 Å². The fraction of sp³-hybridized carbons (Fsp3) is 0.333. The van der Waals surface area contributed by atoms with Crippen molar-refractivity contribution in [1.29, 1.82) is 0 Å². The quantitative estimate of drug-likeness (QED) is 0.668. The number of urea groups is 1. The molecule has 1 unspecified atom stereocenters. The van der Waals surface area contributed by atoms with E-state index in [1.807, 2.05) is 0 Å². The van der Waals surface area contributed by atoms with Gasteiger partial charge >= 0.3 is 12.0 Å². The van der Waals surface area contributed by atoms with E-state index >= 15 is 0 Å². The molecule has 0 aliphatic carbocycles. The van der Waals surface area contributed by atoms with Gasteiger partial charge in [0.05, 0.1) is 0 Å². The van der Waals surface area contributed by atoms with Crippen molar-refractivity contribution in [2.45, 2.75) is 12.6 Å². The van der Waals surface area contributed by atoms with Crippen LogP contribution in [0.4, 0.5) is 4.79 Å². The molecule has 0 saturated carbocycles. The van der Waals surface area contributed by atoms with E-state index in [4.69, 9.17) is 5.11 Å². The number of carbonyl (C=O) groups excluding carboxylic acids is 2. The molecule has 1 atom stereocenters. The lowest BCUT2D eigenvalue weighted by molar-refractivity contribution is -0.144. The zero-order chi connectivity index (χ0) is 14.5. The Kier molecular flexibility index (Phi) is 4.14. The fourth-order valence-corrected chi connectivity index (χ4v) is 1.86. The molecule has 106 valence electrons. The number of aromatic nitrogens is 1. The Morgan fingerprint density at radius 2 is 2.15 bits per heavy atom. The Balaban J connectivity index is 1.98. The van der Waals surface area contributed by atoms with Crippen LogP contribution in [0.3, 0.4) is 0 Å². The molecule has 1 saturated heterocycles. The summed E-state index contributed by atoms with van der Waals surface area (Å²) in [5.74, 6) is -1.52. The minimum Gasteiger partial charge on any atom is -0.480 e. The molecule has 2 rings (SSSR count). The molecule has 8 nitrogen and oxygen atoms in total. The molecular formula is C12H14N4O4. The first kappa shape index (κ1) is 13.8. The van der Waals surface area contributed by atoms with Crippen LogP contribution in [0, 0.1) is 0 Å². The van der Waals surface area contributed by atoms with E-state index in [0.717, 1.165) is 10.5 Å². The van der Waals surface area contributed by atoms with Gasteiger partial charge in [-0.15, -0.1) is 0 Å². The maximum Gasteiger partial charge on any atom is 0.328 e. The van der Waals surface area contributed by atoms with E-state index < -0.39 is 18.0 Å². The number of carbonyl (C=O) groups is 3. The van der Waals surface area contributed by atoms with Crippen LogP contribution < -0.4 is 10.6 Å². The first-order valence-electron chi connectivity index (χ1n) is 6.01. The van der Waals surface area contributed by atoms with Crippen molar-refractivity contribution in [3.05, 3.63) is 30.1 Å². The van der Waals surface area contributed by atoms with Crippen molar-refractivity contribution >= 4 is 17.9 Å². The number of carboxylic acid groups (broad SMARTS) is 1. The number of rotatable bonds is 3. The van der Waals surface area contributed by atoms with Crippen molar-refractivity contribution in [1.82, 2.24) is 20.5 Å². The molecular weight excluding hydrogens is 264 g/mol. The summed E-state index contributed by atoms with van der Waals surface area (Å²) in [7, 11) is 0. The highest BCUT2D eigenvalue weighted by Gasteiger charge is 2.35. The molecule has 3 amide bonds. The zero-order valence-electron chi connectivity index (χ0n) is 10.6. The number of aliphatic carboxylic acids is 1. The van der Waals surface area contributed by atoms with Crippen molar-refractivity contribution in [3.63, 3.8) is 0 Å². The highest BCUT2D eigenvalue weighted by Crippen LogP contribution is 2.05. The minimum atomic E-state index is -1.15. The van der Waals surface area contributed by atoms with Gasteiger partial charge in [-0.25, -0.2) is 9.59 Å². The maximum absolute atomic E-state index is 12.0. The average molecular weight is 278 g/mol. The maximum atomic E-state index is 12.0. The summed E-state index contributed by atoms with van der Waals surface area (Å²) in [6.07, 6.45) is 3.19. The van der Waals surface area contributed by atoms with Crippen LogP contribution in [0.5, 0.6) is 0 Å². The van der Waals surface area contributed by atoms with E-state index in [1.165, 1.54) is 0 Å². The summed E-state index contributed by atoms with van der Waals surface area (Å²) in [4.78, 5) is 39.2. The van der Waals surface area contributed by atoms with Crippen LogP contribution in [-0.4, -0.2) is 52.0 Å². The number of nitrogens with zero attached hydrogens (tertiary/aromatic N) is 2. The second-order valence-electron chi connectivity index (χ2n) is 4.30. The topological polar surface area (TPSA) is 112 Å². The van der Waals surface area contributed by atoms with Gasteiger partial charge < -0.3 is 15.7 Å². The largest absolute Gasteiger partial charge is 0.480 e. The third kappa shape index (κ3) is 3.22. The molecule has 1 aromatic heterocycles. The summed E-state index contributed by atoms with van der Waals surface area (Å²) < 4.78 is 0. The monoisotopic (exact) mass is 278 g/mol. The lowest BCUT2D eigenvalue weighted by Gasteiger charge is -2.32. The number of nitrogens with one attached hydrogen (secondary N) is 2. The second kappa shape index (κ2) is 6.00. The van der Waals surface area contributed by atoms with Gasteiger partial charge in [-0.3, -0.25) is 14.7 Å². The van der Waals surface area contributed by atoms with Crippen LogP contribution in [0.15, 0.2) is 24.5 Å². The summed E-state index contributed by atoms with van der Waals surface area (Å²) in [6.45, 7) is -0.109. The Morgan fingerprint density at radius 1 is 1.45 bits per heavy atom. The predicted molar refractivity (Wildman–Crippen MR) is 67.6 cm³/mol. The summed E-state index contributed by atoms with van der Waals surface area (Å²) in [6, 6.07) is 1.84. The zero-order valence-corrected chi connectivity index (χ0v) is 10.6. The van der Waals surface area contributed by atoms with Gasteiger partial charge in [0.1, 0.15) is 12.6 Å². The highest BCUT2D eigenvalue weighted by atomic mass is 16.4. The van der Waals surface area contributed by atoms with E-state index in [1.54, 1.807) is 24.5 Å². The fourth-order valence-electron chi connectivity index (χ4n) is 1.86. The van der Waals surface area contributed by atoms with Gasteiger partial charge in [-0.1, -0.05) is 0 Å². The Hall–Kier alpha value is -2.64. The number of pyridine rings is 1. The minimum absolute atomic E-state index is 0.0865. The van der Waals surface area contributed by atoms with Crippen LogP contribution in [0.2, 0.25) is 0 Å². The predicted octanol–water partition coefficient (Wildman–Crippen LogP) is -0.824. The van der Waals surface area contributed by atoms with E-state index in [2.05, 4.69) is 15.6 Å². The molecule has 2 heterocycles. The van der Waals surface area contributed by atoms with Crippen LogP contribution in [0.1, 0.15) is 5.56 Å². The first-order valence-corrected chi connectivity index (χ1v) is 6.01. The van der Waals surface area contributed by atoms with Gasteiger partial charge in [0.25, 0.3) is 0 Å². The SMILES string of the molecule is O=C1CN(C(=O)NCc2ccncc2)C(C(=O)O)CN1. The smallest absolute Gasteiger partial charge is 0.328 e. The van der Waals surface area contributed by atoms with E-state index in [9.17, 15) is 14.4 Å². The molecule has 3 N–H and O–H groups in total. The molecule has 8 heteroatoms. The molecule has 20 heavy (non-hydrogen) atoms. The number of hydrogen-bond acceptors (Lipinski definition) is 4. The molecule has 1 aliphatic rings. The molecule has 0 bridgehead atoms. The lowest BCUT2D eigenvalue weighted by atomic mass is 10.2. The van der Waals surface area contributed by atoms with Crippen molar-refractivity contribution in [2.75, 3.05) is 13.1 Å². The molecule has 1 aliphatic heterocycles. The number of piperazine rings is 1. The Morgan fingerprint density at radius 3 is 2.80 bits per heavy atom. The number of carboxylic acids is 1. The molecule has 0 aromatic carbocycles. The van der Waals surface area contributed by atoms with E-state index in [0.29, 0.717) is 0 Å².